The van der Waals surface area contributed by atoms with Gasteiger partial charge in [0, 0.05) is 51.0 Å². The van der Waals surface area contributed by atoms with Crippen LogP contribution in [0, 0.1) is 6.92 Å². The predicted octanol–water partition coefficient (Wildman–Crippen LogP) is 1.44. The van der Waals surface area contributed by atoms with Crippen molar-refractivity contribution < 1.29 is 0 Å². The van der Waals surface area contributed by atoms with E-state index in [4.69, 9.17) is 5.73 Å². The van der Waals surface area contributed by atoms with Crippen LogP contribution in [0.2, 0.25) is 0 Å². The summed E-state index contributed by atoms with van der Waals surface area (Å²) in [6, 6.07) is 4.25. The molecule has 0 unspecified atom stereocenters. The fourth-order valence-corrected chi connectivity index (χ4v) is 3.40. The molecule has 0 aliphatic carbocycles. The van der Waals surface area contributed by atoms with Crippen molar-refractivity contribution in [2.24, 2.45) is 0 Å². The third-order valence-electron chi connectivity index (χ3n) is 5.41. The van der Waals surface area contributed by atoms with Gasteiger partial charge >= 0.3 is 0 Å². The van der Waals surface area contributed by atoms with Crippen LogP contribution in [0.3, 0.4) is 0 Å². The van der Waals surface area contributed by atoms with Gasteiger partial charge in [-0.05, 0) is 43.0 Å². The van der Waals surface area contributed by atoms with Crippen molar-refractivity contribution in [3.63, 3.8) is 0 Å². The Balaban J connectivity index is 1.22. The summed E-state index contributed by atoms with van der Waals surface area (Å²) in [5, 5.41) is 17.3. The first-order valence-corrected chi connectivity index (χ1v) is 10.5. The Kier molecular flexibility index (Phi) is 6.29. The molecule has 4 aromatic rings. The highest BCUT2D eigenvalue weighted by Crippen LogP contribution is 2.13. The number of aromatic amines is 4. The summed E-state index contributed by atoms with van der Waals surface area (Å²) >= 11 is 0. The number of hydrogen-bond donors (Lipinski definition) is 6. The number of nitrogens with two attached hydrogens (primary N) is 1. The van der Waals surface area contributed by atoms with Crippen LogP contribution in [0.25, 0.3) is 0 Å². The molecule has 4 rings (SSSR count). The lowest BCUT2D eigenvalue weighted by Gasteiger charge is -2.14. The van der Waals surface area contributed by atoms with Crippen LogP contribution < -0.4 is 20.9 Å². The molecule has 170 valence electrons. The van der Waals surface area contributed by atoms with Crippen molar-refractivity contribution in [1.29, 1.82) is 0 Å². The van der Waals surface area contributed by atoms with E-state index in [1.165, 1.54) is 16.8 Å². The van der Waals surface area contributed by atoms with Gasteiger partial charge in [0.15, 0.2) is 0 Å². The van der Waals surface area contributed by atoms with Crippen LogP contribution in [-0.2, 0) is 19.4 Å². The van der Waals surface area contributed by atoms with E-state index in [0.717, 1.165) is 31.6 Å². The quantitative estimate of drug-likeness (QED) is 0.205. The Morgan fingerprint density at radius 3 is 2.47 bits per heavy atom. The van der Waals surface area contributed by atoms with Crippen LogP contribution in [0.15, 0.2) is 24.5 Å². The number of aromatic nitrogens is 8. The molecule has 7 N–H and O–H groups in total. The molecule has 0 atom stereocenters. The van der Waals surface area contributed by atoms with E-state index in [2.05, 4.69) is 64.7 Å². The smallest absolute Gasteiger partial charge is 0.246 e. The average Bonchev–Trinajstić information content (AvgIpc) is 3.57. The maximum atomic E-state index is 5.58. The molecular weight excluding hydrogens is 408 g/mol. The van der Waals surface area contributed by atoms with E-state index in [9.17, 15) is 0 Å². The minimum Gasteiger partial charge on any atom is -0.368 e. The van der Waals surface area contributed by atoms with E-state index >= 15 is 0 Å². The van der Waals surface area contributed by atoms with Gasteiger partial charge in [0.25, 0.3) is 0 Å². The summed E-state index contributed by atoms with van der Waals surface area (Å²) in [7, 11) is 3.94. The van der Waals surface area contributed by atoms with E-state index in [-0.39, 0.29) is 0 Å². The van der Waals surface area contributed by atoms with Crippen molar-refractivity contribution in [2.45, 2.75) is 26.3 Å². The van der Waals surface area contributed by atoms with E-state index in [1.54, 1.807) is 0 Å². The first-order chi connectivity index (χ1) is 15.5. The molecule has 12 heteroatoms. The lowest BCUT2D eigenvalue weighted by molar-refractivity contribution is 0.837. The average molecular weight is 439 g/mol. The summed E-state index contributed by atoms with van der Waals surface area (Å²) in [4.78, 5) is 19.2. The maximum Gasteiger partial charge on any atom is 0.246 e. The van der Waals surface area contributed by atoms with Crippen LogP contribution in [0.4, 0.5) is 23.8 Å². The number of rotatable bonds is 11. The molecule has 0 saturated heterocycles. The van der Waals surface area contributed by atoms with Gasteiger partial charge in [-0.3, -0.25) is 0 Å². The molecular formula is C20H30N12. The van der Waals surface area contributed by atoms with Gasteiger partial charge in [0.05, 0.1) is 6.54 Å². The lowest BCUT2D eigenvalue weighted by atomic mass is 10.2. The molecule has 0 amide bonds. The van der Waals surface area contributed by atoms with Gasteiger partial charge in [0.1, 0.15) is 0 Å². The highest BCUT2D eigenvalue weighted by molar-refractivity contribution is 5.37. The van der Waals surface area contributed by atoms with Gasteiger partial charge in [0.2, 0.25) is 23.8 Å². The van der Waals surface area contributed by atoms with Crippen molar-refractivity contribution >= 4 is 23.8 Å². The van der Waals surface area contributed by atoms with Gasteiger partial charge < -0.3 is 30.8 Å². The number of likely N-dealkylation sites (N-methyl/N-ethyl adjacent to an activating group) is 2. The van der Waals surface area contributed by atoms with Crippen molar-refractivity contribution in [3.8, 4) is 0 Å². The van der Waals surface area contributed by atoms with Crippen molar-refractivity contribution in [2.75, 3.05) is 48.0 Å². The highest BCUT2D eigenvalue weighted by atomic mass is 15.4. The third kappa shape index (κ3) is 5.20. The fraction of sp³-hybridized carbons (Fsp3) is 0.400. The summed E-state index contributed by atoms with van der Waals surface area (Å²) in [6.45, 7) is 4.32. The molecule has 0 fully saturated rings. The van der Waals surface area contributed by atoms with E-state index < -0.39 is 0 Å². The fourth-order valence-electron chi connectivity index (χ4n) is 3.40. The van der Waals surface area contributed by atoms with Crippen molar-refractivity contribution in [3.05, 3.63) is 47.0 Å². The number of anilines is 4. The minimum absolute atomic E-state index is 0.319. The van der Waals surface area contributed by atoms with Gasteiger partial charge in [-0.15, -0.1) is 10.2 Å². The van der Waals surface area contributed by atoms with Crippen LogP contribution in [0.5, 0.6) is 0 Å². The summed E-state index contributed by atoms with van der Waals surface area (Å²) in [5.74, 6) is 2.22. The topological polar surface area (TPSA) is 159 Å². The van der Waals surface area contributed by atoms with E-state index in [0.29, 0.717) is 30.3 Å². The molecule has 0 aliphatic heterocycles. The van der Waals surface area contributed by atoms with E-state index in [1.807, 2.05) is 36.3 Å². The number of nitrogen functional groups attached to an aromatic ring is 1. The second kappa shape index (κ2) is 9.45. The number of hydrogen-bond acceptors (Lipinski definition) is 8. The molecule has 0 bridgehead atoms. The number of nitrogens with one attached hydrogen (secondary N) is 5. The lowest BCUT2D eigenvalue weighted by Crippen LogP contribution is -2.21. The minimum atomic E-state index is 0.319. The SMILES string of the molecule is Cc1[nH]ccc1CCN(C)c1n[nH]c(NCc2cc(CCN(C)c3n[nH]c(N)n3)c[nH]2)n1. The summed E-state index contributed by atoms with van der Waals surface area (Å²) in [6.07, 6.45) is 5.78. The second-order valence-corrected chi connectivity index (χ2v) is 7.86. The Morgan fingerprint density at radius 1 is 1.00 bits per heavy atom. The number of aryl methyl sites for hydroxylation is 1. The highest BCUT2D eigenvalue weighted by Gasteiger charge is 2.11. The Morgan fingerprint density at radius 2 is 1.75 bits per heavy atom. The molecule has 0 aromatic carbocycles. The largest absolute Gasteiger partial charge is 0.368 e. The van der Waals surface area contributed by atoms with Crippen LogP contribution >= 0.6 is 0 Å². The molecule has 0 spiro atoms. The van der Waals surface area contributed by atoms with Gasteiger partial charge in [-0.1, -0.05) is 0 Å². The number of H-pyrrole nitrogens is 4. The summed E-state index contributed by atoms with van der Waals surface area (Å²) in [5.41, 5.74) is 10.4. The normalized spacial score (nSPS) is 11.1. The Labute approximate surface area is 186 Å². The molecule has 0 aliphatic rings. The molecule has 0 saturated carbocycles. The molecule has 32 heavy (non-hydrogen) atoms. The molecule has 4 aromatic heterocycles. The zero-order valence-electron chi connectivity index (χ0n) is 18.6. The standard InChI is InChI=1S/C20H30N12/c1-13-15(4-7-22-13)6-9-32(3)20-26-18(28-30-20)24-12-16-10-14(11-23-16)5-8-31(2)19-25-17(21)27-29-19/h4,7,10-11,22-23H,5-6,8-9,12H2,1-3H3,(H3,21,25,27,29)(H2,24,26,28,30). The first-order valence-electron chi connectivity index (χ1n) is 10.5. The Bertz CT molecular complexity index is 1120. The monoisotopic (exact) mass is 438 g/mol. The van der Waals surface area contributed by atoms with Crippen LogP contribution in [0.1, 0.15) is 22.5 Å². The maximum absolute atomic E-state index is 5.58. The molecule has 12 nitrogen and oxygen atoms in total. The van der Waals surface area contributed by atoms with Crippen molar-refractivity contribution in [1.82, 2.24) is 40.3 Å². The zero-order chi connectivity index (χ0) is 22.5. The Hall–Kier alpha value is -3.96. The molecule has 4 heterocycles. The van der Waals surface area contributed by atoms with Gasteiger partial charge in [-0.2, -0.15) is 9.97 Å². The van der Waals surface area contributed by atoms with Gasteiger partial charge in [-0.25, -0.2) is 10.2 Å². The zero-order valence-corrected chi connectivity index (χ0v) is 18.6. The van der Waals surface area contributed by atoms with Crippen LogP contribution in [-0.4, -0.2) is 67.5 Å². The third-order valence-corrected chi connectivity index (χ3v) is 5.41. The first kappa shape index (κ1) is 21.3. The number of nitrogens with zero attached hydrogens (tertiary/aromatic N) is 6. The second-order valence-electron chi connectivity index (χ2n) is 7.86. The summed E-state index contributed by atoms with van der Waals surface area (Å²) < 4.78 is 0. The molecule has 0 radical (unpaired) electrons. The predicted molar refractivity (Wildman–Crippen MR) is 125 cm³/mol.